The fourth-order valence-electron chi connectivity index (χ4n) is 8.71. The standard InChI is InChI=1S/2C13H16N2.C12H17NO.C9H11NO2.C9H11NO.3C2H6/c1-7-6-8(2)14-13-10(4)9(3)11(5)15-12(7)13;1-7-6-8(2)12-13(9(7)3)15-11(5)10(4)14-12;1-8-7-9(2)12-11(10(8)3)13(4)5-6-14-12;1-6-5-7(2)10-9-8(6)11-3-4-12-9;1-6-5-7(2)10-8-3-4-11-9(6)8;3*1-2/h2*6H,1-5H3;7H,5-6H2,1-4H3;5H,3-4H2,1-2H3;5H,3-4H2,1-2H3;3*1-2H3. The molecule has 0 aliphatic carbocycles. The highest BCUT2D eigenvalue weighted by molar-refractivity contribution is 5.83. The molecule has 0 saturated heterocycles. The lowest BCUT2D eigenvalue weighted by molar-refractivity contribution is 0.163. The molecule has 3 aliphatic rings. The lowest BCUT2D eigenvalue weighted by atomic mass is 10.0. The summed E-state index contributed by atoms with van der Waals surface area (Å²) >= 11 is 0. The molecular weight excluding hydrogens is 907 g/mol. The molecule has 11 heteroatoms. The van der Waals surface area contributed by atoms with E-state index in [-0.39, 0.29) is 0 Å². The summed E-state index contributed by atoms with van der Waals surface area (Å²) < 4.78 is 21.9. The van der Waals surface area contributed by atoms with Crippen molar-refractivity contribution in [3.63, 3.8) is 0 Å². The molecule has 0 N–H and O–H groups in total. The second-order valence-electron chi connectivity index (χ2n) is 18.4. The largest absolute Gasteiger partial charge is 0.491 e. The van der Waals surface area contributed by atoms with Crippen LogP contribution in [0.1, 0.15) is 143 Å². The van der Waals surface area contributed by atoms with Crippen LogP contribution < -0.4 is 23.8 Å². The molecule has 2 aromatic carbocycles. The number of likely N-dealkylation sites (N-methyl/N-ethyl adjacent to an activating group) is 1. The number of pyridine rings is 4. The normalized spacial score (nSPS) is 12.2. The summed E-state index contributed by atoms with van der Waals surface area (Å²) in [7, 11) is 2.13. The van der Waals surface area contributed by atoms with Gasteiger partial charge in [0.25, 0.3) is 5.88 Å². The molecule has 0 bridgehead atoms. The molecule has 0 radical (unpaired) electrons. The van der Waals surface area contributed by atoms with Crippen LogP contribution in [0.3, 0.4) is 0 Å². The van der Waals surface area contributed by atoms with Gasteiger partial charge in [0.05, 0.1) is 58.0 Å². The minimum atomic E-state index is 0.600. The van der Waals surface area contributed by atoms with Crippen LogP contribution in [0.5, 0.6) is 23.1 Å². The maximum Gasteiger partial charge on any atom is 0.257 e. The van der Waals surface area contributed by atoms with Crippen molar-refractivity contribution in [1.82, 2.24) is 29.9 Å². The number of nitrogens with zero attached hydrogens (tertiary/aromatic N) is 7. The zero-order valence-electron chi connectivity index (χ0n) is 49.4. The van der Waals surface area contributed by atoms with Gasteiger partial charge in [0.1, 0.15) is 31.3 Å². The van der Waals surface area contributed by atoms with Gasteiger partial charge in [-0.15, -0.1) is 0 Å². The van der Waals surface area contributed by atoms with Gasteiger partial charge >= 0.3 is 0 Å². The molecule has 396 valence electrons. The number of hydrogen-bond donors (Lipinski definition) is 0. The first-order valence-electron chi connectivity index (χ1n) is 26.4. The molecule has 0 spiro atoms. The van der Waals surface area contributed by atoms with Gasteiger partial charge in [-0.1, -0.05) is 53.7 Å². The zero-order valence-corrected chi connectivity index (χ0v) is 49.4. The average molecular weight is 996 g/mol. The number of aryl methyl sites for hydroxylation is 15. The van der Waals surface area contributed by atoms with Crippen molar-refractivity contribution in [3.8, 4) is 23.1 Å². The van der Waals surface area contributed by atoms with Crippen LogP contribution in [0.2, 0.25) is 0 Å². The van der Waals surface area contributed by atoms with E-state index in [1.165, 1.54) is 61.3 Å². The summed E-state index contributed by atoms with van der Waals surface area (Å²) in [5, 5.41) is 0. The van der Waals surface area contributed by atoms with Crippen LogP contribution in [0, 0.1) is 118 Å². The first kappa shape index (κ1) is 60.9. The Kier molecular flexibility index (Phi) is 23.5. The first-order valence-corrected chi connectivity index (χ1v) is 26.4. The third-order valence-corrected chi connectivity index (χ3v) is 12.9. The Morgan fingerprint density at radius 2 is 0.795 bits per heavy atom. The Balaban J connectivity index is 0.000000235. The number of benzene rings is 2. The van der Waals surface area contributed by atoms with E-state index in [1.807, 2.05) is 89.2 Å². The lowest BCUT2D eigenvalue weighted by Gasteiger charge is -2.31. The molecule has 0 atom stereocenters. The Morgan fingerprint density at radius 3 is 1.42 bits per heavy atom. The molecule has 0 fully saturated rings. The number of ether oxygens (including phenoxy) is 4. The molecule has 3 aliphatic heterocycles. The smallest absolute Gasteiger partial charge is 0.257 e. The van der Waals surface area contributed by atoms with Gasteiger partial charge in [-0.3, -0.25) is 15.0 Å². The average Bonchev–Trinajstić information content (AvgIpc) is 3.85. The topological polar surface area (TPSA) is 118 Å². The number of anilines is 1. The van der Waals surface area contributed by atoms with E-state index in [0.29, 0.717) is 19.1 Å². The molecular formula is C62H89N7O4. The SMILES string of the molecule is CC.CC.CC.Cc1cc(C)c2c(c1C)N(C)CCO2.Cc1cc(C)c2c(n1)CCO2.Cc1cc(C)c2c(n1)OCCO2.Cc1cc(C)c2nc(C)c(C)c(C)c2n1.Cc1cc(C)c2nc(C)c(C)nc2c1C. The Morgan fingerprint density at radius 1 is 0.356 bits per heavy atom. The van der Waals surface area contributed by atoms with E-state index in [4.69, 9.17) is 18.9 Å². The van der Waals surface area contributed by atoms with Crippen LogP contribution in [-0.2, 0) is 6.42 Å². The molecule has 7 aromatic rings. The van der Waals surface area contributed by atoms with Crippen molar-refractivity contribution in [2.24, 2.45) is 0 Å². The van der Waals surface area contributed by atoms with Crippen molar-refractivity contribution in [3.05, 3.63) is 131 Å². The monoisotopic (exact) mass is 996 g/mol. The maximum atomic E-state index is 5.72. The third kappa shape index (κ3) is 15.1. The van der Waals surface area contributed by atoms with Gasteiger partial charge in [0, 0.05) is 36.2 Å². The van der Waals surface area contributed by atoms with E-state index in [2.05, 4.69) is 142 Å². The molecule has 0 amide bonds. The second-order valence-corrected chi connectivity index (χ2v) is 18.4. The number of rotatable bonds is 0. The van der Waals surface area contributed by atoms with Crippen LogP contribution in [0.4, 0.5) is 5.69 Å². The molecule has 73 heavy (non-hydrogen) atoms. The van der Waals surface area contributed by atoms with Crippen molar-refractivity contribution in [1.29, 1.82) is 0 Å². The summed E-state index contributed by atoms with van der Waals surface area (Å²) in [6.07, 6.45) is 0.970. The van der Waals surface area contributed by atoms with Crippen LogP contribution >= 0.6 is 0 Å². The molecule has 10 rings (SSSR count). The summed E-state index contributed by atoms with van der Waals surface area (Å²) in [6, 6.07) is 10.5. The number of fused-ring (bicyclic) bond motifs is 5. The highest BCUT2D eigenvalue weighted by atomic mass is 16.6. The molecule has 0 unspecified atom stereocenters. The predicted molar refractivity (Wildman–Crippen MR) is 308 cm³/mol. The summed E-state index contributed by atoms with van der Waals surface area (Å²) in [5.74, 6) is 3.52. The maximum absolute atomic E-state index is 5.72. The van der Waals surface area contributed by atoms with E-state index in [9.17, 15) is 0 Å². The van der Waals surface area contributed by atoms with E-state index < -0.39 is 0 Å². The summed E-state index contributed by atoms with van der Waals surface area (Å²) in [5.41, 5.74) is 26.6. The van der Waals surface area contributed by atoms with Gasteiger partial charge in [-0.05, 0) is 197 Å². The van der Waals surface area contributed by atoms with Gasteiger partial charge in [0.2, 0.25) is 0 Å². The minimum absolute atomic E-state index is 0.600. The lowest BCUT2D eigenvalue weighted by Crippen LogP contribution is -2.30. The van der Waals surface area contributed by atoms with Crippen molar-refractivity contribution >= 4 is 27.8 Å². The molecule has 8 heterocycles. The fraction of sp³-hybridized carbons (Fsp3) is 0.484. The second kappa shape index (κ2) is 28.2. The zero-order chi connectivity index (χ0) is 55.0. The van der Waals surface area contributed by atoms with Crippen LogP contribution in [0.15, 0.2) is 30.3 Å². The van der Waals surface area contributed by atoms with Crippen molar-refractivity contribution < 1.29 is 18.9 Å². The van der Waals surface area contributed by atoms with Gasteiger partial charge < -0.3 is 23.8 Å². The number of aromatic nitrogens is 6. The molecule has 5 aromatic heterocycles. The van der Waals surface area contributed by atoms with Gasteiger partial charge in [-0.2, -0.15) is 0 Å². The molecule has 0 saturated carbocycles. The van der Waals surface area contributed by atoms with E-state index in [1.54, 1.807) is 0 Å². The number of hydrogen-bond acceptors (Lipinski definition) is 11. The minimum Gasteiger partial charge on any atom is -0.491 e. The third-order valence-electron chi connectivity index (χ3n) is 12.9. The highest BCUT2D eigenvalue weighted by Gasteiger charge is 2.21. The predicted octanol–water partition coefficient (Wildman–Crippen LogP) is 15.0. The molecule has 11 nitrogen and oxygen atoms in total. The Bertz CT molecular complexity index is 2960. The van der Waals surface area contributed by atoms with E-state index >= 15 is 0 Å². The summed E-state index contributed by atoms with van der Waals surface area (Å²) in [4.78, 5) is 29.3. The van der Waals surface area contributed by atoms with Gasteiger partial charge in [-0.25, -0.2) is 15.0 Å². The van der Waals surface area contributed by atoms with E-state index in [0.717, 1.165) is 111 Å². The Labute approximate surface area is 440 Å². The quantitative estimate of drug-likeness (QED) is 0.145. The fourth-order valence-corrected chi connectivity index (χ4v) is 8.71. The highest BCUT2D eigenvalue weighted by Crippen LogP contribution is 2.39. The van der Waals surface area contributed by atoms with Crippen molar-refractivity contribution in [2.45, 2.75) is 166 Å². The van der Waals surface area contributed by atoms with Crippen LogP contribution in [0.25, 0.3) is 22.1 Å². The van der Waals surface area contributed by atoms with Crippen LogP contribution in [-0.4, -0.2) is 69.9 Å². The Hall–Kier alpha value is -6.36. The van der Waals surface area contributed by atoms with Crippen molar-refractivity contribution in [2.75, 3.05) is 44.9 Å². The van der Waals surface area contributed by atoms with Gasteiger partial charge in [0.15, 0.2) is 5.75 Å². The first-order chi connectivity index (χ1) is 34.7. The summed E-state index contributed by atoms with van der Waals surface area (Å²) in [6.45, 7) is 51.0.